The van der Waals surface area contributed by atoms with Crippen LogP contribution in [-0.2, 0) is 0 Å². The minimum Gasteiger partial charge on any atom is -0.482 e. The van der Waals surface area contributed by atoms with Gasteiger partial charge < -0.3 is 15.4 Å². The van der Waals surface area contributed by atoms with E-state index < -0.39 is 25.3 Å². The van der Waals surface area contributed by atoms with Gasteiger partial charge in [-0.1, -0.05) is 0 Å². The third kappa shape index (κ3) is 4.13. The van der Waals surface area contributed by atoms with Crippen molar-refractivity contribution in [2.24, 2.45) is 0 Å². The zero-order chi connectivity index (χ0) is 15.9. The number of ether oxygens (including phenoxy) is 1. The van der Waals surface area contributed by atoms with E-state index in [1.54, 1.807) is 0 Å². The van der Waals surface area contributed by atoms with Crippen molar-refractivity contribution in [1.82, 2.24) is 5.32 Å². The van der Waals surface area contributed by atoms with Gasteiger partial charge in [-0.3, -0.25) is 4.79 Å². The second kappa shape index (κ2) is 8.03. The second-order valence-electron chi connectivity index (χ2n) is 5.20. The number of alkyl halides is 2. The predicted molar refractivity (Wildman–Crippen MR) is 77.7 cm³/mol. The molecule has 7 heteroatoms. The van der Waals surface area contributed by atoms with Crippen LogP contribution in [0.4, 0.5) is 18.9 Å². The smallest absolute Gasteiger partial charge is 0.167 e. The Balaban J connectivity index is 2.17. The molecule has 0 aromatic heterocycles. The third-order valence-electron chi connectivity index (χ3n) is 3.57. The van der Waals surface area contributed by atoms with Gasteiger partial charge in [-0.05, 0) is 32.0 Å². The molecule has 1 aromatic carbocycles. The number of piperidine rings is 1. The van der Waals surface area contributed by atoms with Crippen LogP contribution in [0.2, 0.25) is 0 Å². The Bertz CT molecular complexity index is 504. The van der Waals surface area contributed by atoms with E-state index in [2.05, 4.69) is 10.6 Å². The molecule has 0 atom stereocenters. The maximum Gasteiger partial charge on any atom is 0.167 e. The maximum absolute atomic E-state index is 14.0. The van der Waals surface area contributed by atoms with E-state index in [-0.39, 0.29) is 17.4 Å². The molecule has 0 amide bonds. The second-order valence-corrected chi connectivity index (χ2v) is 5.20. The summed E-state index contributed by atoms with van der Waals surface area (Å²) in [6.07, 6.45) is 0.931. The number of aldehydes is 1. The average molecular weight is 316 g/mol. The third-order valence-corrected chi connectivity index (χ3v) is 3.57. The number of nitrogens with one attached hydrogen (secondary N) is 2. The lowest BCUT2D eigenvalue weighted by Gasteiger charge is -2.25. The van der Waals surface area contributed by atoms with Gasteiger partial charge in [0.1, 0.15) is 13.3 Å². The predicted octanol–water partition coefficient (Wildman–Crippen LogP) is 2.49. The van der Waals surface area contributed by atoms with E-state index >= 15 is 0 Å². The van der Waals surface area contributed by atoms with Gasteiger partial charge in [-0.15, -0.1) is 0 Å². The van der Waals surface area contributed by atoms with Crippen LogP contribution in [-0.4, -0.2) is 44.9 Å². The fourth-order valence-electron chi connectivity index (χ4n) is 2.35. The highest BCUT2D eigenvalue weighted by Crippen LogP contribution is 2.27. The maximum atomic E-state index is 14.0. The lowest BCUT2D eigenvalue weighted by atomic mass is 10.1. The molecular weight excluding hydrogens is 297 g/mol. The molecule has 22 heavy (non-hydrogen) atoms. The fourth-order valence-corrected chi connectivity index (χ4v) is 2.35. The zero-order valence-electron chi connectivity index (χ0n) is 12.1. The average Bonchev–Trinajstić information content (AvgIpc) is 2.55. The summed E-state index contributed by atoms with van der Waals surface area (Å²) >= 11 is 0. The van der Waals surface area contributed by atoms with Gasteiger partial charge in [0.25, 0.3) is 0 Å². The van der Waals surface area contributed by atoms with Crippen LogP contribution in [0.15, 0.2) is 12.1 Å². The first kappa shape index (κ1) is 16.6. The number of hydrogen-bond donors (Lipinski definition) is 2. The van der Waals surface area contributed by atoms with Crippen molar-refractivity contribution < 1.29 is 22.7 Å². The normalized spacial score (nSPS) is 15.8. The molecule has 0 bridgehead atoms. The standard InChI is InChI=1S/C15H19F3N2O2/c16-7-12(8-17)22-15-5-10(9-21)14(6-13(15)18)20-11-1-3-19-4-2-11/h5-6,9,11-12,19-20H,1-4,7-8H2. The Labute approximate surface area is 127 Å². The minimum atomic E-state index is -1.36. The van der Waals surface area contributed by atoms with Crippen molar-refractivity contribution in [3.63, 3.8) is 0 Å². The SMILES string of the molecule is O=Cc1cc(OC(CF)CF)c(F)cc1NC1CCNCC1. The summed E-state index contributed by atoms with van der Waals surface area (Å²) in [5.41, 5.74) is 0.565. The summed E-state index contributed by atoms with van der Waals surface area (Å²) in [7, 11) is 0. The highest BCUT2D eigenvalue weighted by Gasteiger charge is 2.18. The molecule has 4 nitrogen and oxygen atoms in total. The summed E-state index contributed by atoms with van der Waals surface area (Å²) in [4.78, 5) is 11.2. The number of carbonyl (C=O) groups is 1. The molecule has 1 aromatic rings. The Hall–Kier alpha value is -1.76. The van der Waals surface area contributed by atoms with Crippen LogP contribution in [0.25, 0.3) is 0 Å². The molecule has 0 aliphatic carbocycles. The highest BCUT2D eigenvalue weighted by molar-refractivity contribution is 5.85. The van der Waals surface area contributed by atoms with E-state index in [1.807, 2.05) is 0 Å². The Morgan fingerprint density at radius 1 is 1.32 bits per heavy atom. The molecule has 2 N–H and O–H groups in total. The van der Waals surface area contributed by atoms with Gasteiger partial charge in [0.15, 0.2) is 24.0 Å². The highest BCUT2D eigenvalue weighted by atomic mass is 19.1. The first-order valence-corrected chi connectivity index (χ1v) is 7.22. The van der Waals surface area contributed by atoms with E-state index in [0.717, 1.165) is 32.0 Å². The largest absolute Gasteiger partial charge is 0.482 e. The lowest BCUT2D eigenvalue weighted by molar-refractivity contribution is 0.112. The van der Waals surface area contributed by atoms with Gasteiger partial charge in [0.05, 0.1) is 0 Å². The van der Waals surface area contributed by atoms with E-state index in [0.29, 0.717) is 12.0 Å². The molecule has 1 saturated heterocycles. The number of anilines is 1. The van der Waals surface area contributed by atoms with Crippen LogP contribution in [0, 0.1) is 5.82 Å². The molecule has 0 saturated carbocycles. The summed E-state index contributed by atoms with van der Waals surface area (Å²) in [6, 6.07) is 2.45. The van der Waals surface area contributed by atoms with Gasteiger partial charge in [-0.25, -0.2) is 13.2 Å². The topological polar surface area (TPSA) is 50.4 Å². The Morgan fingerprint density at radius 2 is 2.00 bits per heavy atom. The van der Waals surface area contributed by atoms with Gasteiger partial charge in [-0.2, -0.15) is 0 Å². The number of rotatable bonds is 7. The zero-order valence-corrected chi connectivity index (χ0v) is 12.1. The van der Waals surface area contributed by atoms with Crippen molar-refractivity contribution in [2.75, 3.05) is 31.8 Å². The van der Waals surface area contributed by atoms with Crippen molar-refractivity contribution in [1.29, 1.82) is 0 Å². The molecule has 2 rings (SSSR count). The number of benzene rings is 1. The monoisotopic (exact) mass is 316 g/mol. The molecule has 0 radical (unpaired) electrons. The first-order valence-electron chi connectivity index (χ1n) is 7.22. The lowest BCUT2D eigenvalue weighted by Crippen LogP contribution is -2.35. The first-order chi connectivity index (χ1) is 10.7. The molecular formula is C15H19F3N2O2. The molecule has 122 valence electrons. The van der Waals surface area contributed by atoms with Crippen molar-refractivity contribution in [2.45, 2.75) is 25.0 Å². The molecule has 1 fully saturated rings. The summed E-state index contributed by atoms with van der Waals surface area (Å²) in [6.45, 7) is -0.429. The number of hydrogen-bond acceptors (Lipinski definition) is 4. The van der Waals surface area contributed by atoms with E-state index in [1.165, 1.54) is 6.07 Å². The quantitative estimate of drug-likeness (QED) is 0.759. The fraction of sp³-hybridized carbons (Fsp3) is 0.533. The molecule has 0 spiro atoms. The summed E-state index contributed by atoms with van der Waals surface area (Å²) in [5.74, 6) is -1.08. The molecule has 1 aliphatic heterocycles. The minimum absolute atomic E-state index is 0.149. The van der Waals surface area contributed by atoms with Crippen LogP contribution < -0.4 is 15.4 Å². The molecule has 1 heterocycles. The van der Waals surface area contributed by atoms with Crippen LogP contribution in [0.5, 0.6) is 5.75 Å². The summed E-state index contributed by atoms with van der Waals surface area (Å²) in [5, 5.41) is 6.34. The van der Waals surface area contributed by atoms with Crippen LogP contribution in [0.3, 0.4) is 0 Å². The van der Waals surface area contributed by atoms with Crippen molar-refractivity contribution in [3.05, 3.63) is 23.5 Å². The molecule has 0 unspecified atom stereocenters. The Kier molecular flexibility index (Phi) is 6.06. The number of halogens is 3. The van der Waals surface area contributed by atoms with Crippen LogP contribution >= 0.6 is 0 Å². The molecule has 1 aliphatic rings. The summed E-state index contributed by atoms with van der Waals surface area (Å²) < 4.78 is 43.9. The number of carbonyl (C=O) groups excluding carboxylic acids is 1. The van der Waals surface area contributed by atoms with Crippen molar-refractivity contribution in [3.8, 4) is 5.75 Å². The van der Waals surface area contributed by atoms with Gasteiger partial charge in [0.2, 0.25) is 0 Å². The van der Waals surface area contributed by atoms with E-state index in [4.69, 9.17) is 4.74 Å². The van der Waals surface area contributed by atoms with Crippen LogP contribution in [0.1, 0.15) is 23.2 Å². The van der Waals surface area contributed by atoms with Crippen molar-refractivity contribution >= 4 is 12.0 Å². The van der Waals surface area contributed by atoms with Gasteiger partial charge in [0, 0.05) is 23.4 Å². The van der Waals surface area contributed by atoms with Gasteiger partial charge >= 0.3 is 0 Å². The van der Waals surface area contributed by atoms with E-state index in [9.17, 15) is 18.0 Å². The Morgan fingerprint density at radius 3 is 2.59 bits per heavy atom.